The molecule has 2 heterocycles. The van der Waals surface area contributed by atoms with Gasteiger partial charge in [0.15, 0.2) is 0 Å². The minimum Gasteiger partial charge on any atom is -0.348 e. The average Bonchev–Trinajstić information content (AvgIpc) is 3.11. The molecular formula is C19H29N3O2S. The van der Waals surface area contributed by atoms with E-state index in [9.17, 15) is 8.42 Å². The zero-order chi connectivity index (χ0) is 18.0. The van der Waals surface area contributed by atoms with Gasteiger partial charge in [-0.2, -0.15) is 0 Å². The highest BCUT2D eigenvalue weighted by Crippen LogP contribution is 2.27. The molecule has 0 unspecified atom stereocenters. The molecule has 1 saturated heterocycles. The Bertz CT molecular complexity index is 828. The molecule has 2 aromatic rings. The molecule has 2 atom stereocenters. The second kappa shape index (κ2) is 7.48. The van der Waals surface area contributed by atoms with Crippen LogP contribution in [0.25, 0.3) is 10.9 Å². The number of hydrogen-bond donors (Lipinski definition) is 1. The Morgan fingerprint density at radius 3 is 2.68 bits per heavy atom. The summed E-state index contributed by atoms with van der Waals surface area (Å²) in [6, 6.07) is 8.69. The van der Waals surface area contributed by atoms with Crippen LogP contribution < -0.4 is 4.72 Å². The van der Waals surface area contributed by atoms with Crippen molar-refractivity contribution in [2.45, 2.75) is 45.8 Å². The number of rotatable bonds is 7. The Morgan fingerprint density at radius 1 is 1.20 bits per heavy atom. The Hall–Kier alpha value is -1.37. The number of benzene rings is 1. The summed E-state index contributed by atoms with van der Waals surface area (Å²) in [5.74, 6) is 0.388. The molecule has 1 aliphatic rings. The molecule has 138 valence electrons. The highest BCUT2D eigenvalue weighted by atomic mass is 32.2. The number of aryl methyl sites for hydroxylation is 1. The van der Waals surface area contributed by atoms with Crippen LogP contribution in [-0.2, 0) is 23.1 Å². The van der Waals surface area contributed by atoms with E-state index in [1.54, 1.807) is 0 Å². The lowest BCUT2D eigenvalue weighted by molar-refractivity contribution is 0.313. The molecule has 1 aromatic carbocycles. The highest BCUT2D eigenvalue weighted by Gasteiger charge is 2.33. The summed E-state index contributed by atoms with van der Waals surface area (Å²) in [7, 11) is -3.17. The fraction of sp³-hybridized carbons (Fsp3) is 0.579. The van der Waals surface area contributed by atoms with Gasteiger partial charge >= 0.3 is 0 Å². The van der Waals surface area contributed by atoms with Gasteiger partial charge in [-0.15, -0.1) is 0 Å². The average molecular weight is 364 g/mol. The van der Waals surface area contributed by atoms with Crippen LogP contribution in [0.1, 0.15) is 32.3 Å². The monoisotopic (exact) mass is 363 g/mol. The molecule has 6 heteroatoms. The number of likely N-dealkylation sites (tertiary alicyclic amines) is 1. The van der Waals surface area contributed by atoms with Gasteiger partial charge in [-0.1, -0.05) is 25.5 Å². The lowest BCUT2D eigenvalue weighted by Gasteiger charge is -2.17. The lowest BCUT2D eigenvalue weighted by atomic mass is 9.99. The zero-order valence-corrected chi connectivity index (χ0v) is 16.2. The zero-order valence-electron chi connectivity index (χ0n) is 15.4. The molecule has 1 aromatic heterocycles. The van der Waals surface area contributed by atoms with Crippen LogP contribution in [0.3, 0.4) is 0 Å². The summed E-state index contributed by atoms with van der Waals surface area (Å²) in [5, 5.41) is 1.30. The second-order valence-corrected chi connectivity index (χ2v) is 8.97. The molecule has 0 amide bonds. The van der Waals surface area contributed by atoms with E-state index in [0.29, 0.717) is 5.92 Å². The molecule has 1 aliphatic heterocycles. The Balaban J connectivity index is 1.78. The third kappa shape index (κ3) is 4.25. The van der Waals surface area contributed by atoms with Crippen LogP contribution in [0.5, 0.6) is 0 Å². The maximum atomic E-state index is 11.7. The molecule has 0 radical (unpaired) electrons. The minimum absolute atomic E-state index is 0.0226. The van der Waals surface area contributed by atoms with Gasteiger partial charge in [0, 0.05) is 49.3 Å². The Kier molecular flexibility index (Phi) is 5.51. The smallest absolute Gasteiger partial charge is 0.209 e. The Labute approximate surface area is 151 Å². The quantitative estimate of drug-likeness (QED) is 0.823. The molecule has 0 saturated carbocycles. The first-order valence-electron chi connectivity index (χ1n) is 9.17. The van der Waals surface area contributed by atoms with Crippen molar-refractivity contribution in [2.75, 3.05) is 19.3 Å². The van der Waals surface area contributed by atoms with Crippen molar-refractivity contribution in [3.63, 3.8) is 0 Å². The van der Waals surface area contributed by atoms with Gasteiger partial charge in [-0.3, -0.25) is 4.90 Å². The number of aromatic nitrogens is 1. The first-order chi connectivity index (χ1) is 11.9. The summed E-state index contributed by atoms with van der Waals surface area (Å²) in [5.41, 5.74) is 2.59. The third-order valence-electron chi connectivity index (χ3n) is 5.18. The SMILES string of the molecule is CCC[C@@H]1CN(Cc2cccc3c2ccn3CC)C[C@H]1NS(C)(=O)=O. The summed E-state index contributed by atoms with van der Waals surface area (Å²) >= 11 is 0. The highest BCUT2D eigenvalue weighted by molar-refractivity contribution is 7.88. The van der Waals surface area contributed by atoms with Crippen molar-refractivity contribution in [3.05, 3.63) is 36.0 Å². The van der Waals surface area contributed by atoms with Crippen LogP contribution in [0.15, 0.2) is 30.5 Å². The summed E-state index contributed by atoms with van der Waals surface area (Å²) in [6.45, 7) is 7.88. The maximum absolute atomic E-state index is 11.7. The number of fused-ring (bicyclic) bond motifs is 1. The fourth-order valence-electron chi connectivity index (χ4n) is 4.10. The van der Waals surface area contributed by atoms with E-state index < -0.39 is 10.0 Å². The molecule has 0 aliphatic carbocycles. The number of sulfonamides is 1. The molecule has 0 bridgehead atoms. The lowest BCUT2D eigenvalue weighted by Crippen LogP contribution is -2.39. The summed E-state index contributed by atoms with van der Waals surface area (Å²) < 4.78 is 28.5. The van der Waals surface area contributed by atoms with Gasteiger partial charge in [-0.05, 0) is 37.0 Å². The van der Waals surface area contributed by atoms with E-state index in [-0.39, 0.29) is 6.04 Å². The van der Waals surface area contributed by atoms with E-state index >= 15 is 0 Å². The van der Waals surface area contributed by atoms with Crippen molar-refractivity contribution in [2.24, 2.45) is 5.92 Å². The van der Waals surface area contributed by atoms with Gasteiger partial charge in [0.2, 0.25) is 10.0 Å². The number of nitrogens with one attached hydrogen (secondary N) is 1. The molecular weight excluding hydrogens is 334 g/mol. The first-order valence-corrected chi connectivity index (χ1v) is 11.1. The van der Waals surface area contributed by atoms with Gasteiger partial charge in [0.05, 0.1) is 6.26 Å². The molecule has 1 fully saturated rings. The number of nitrogens with zero attached hydrogens (tertiary/aromatic N) is 2. The predicted molar refractivity (Wildman–Crippen MR) is 103 cm³/mol. The van der Waals surface area contributed by atoms with Gasteiger partial charge in [0.25, 0.3) is 0 Å². The fourth-order valence-corrected chi connectivity index (χ4v) is 4.92. The normalized spacial score (nSPS) is 22.0. The molecule has 25 heavy (non-hydrogen) atoms. The van der Waals surface area contributed by atoms with Crippen LogP contribution in [0, 0.1) is 5.92 Å². The van der Waals surface area contributed by atoms with Crippen LogP contribution in [-0.4, -0.2) is 43.3 Å². The second-order valence-electron chi connectivity index (χ2n) is 7.19. The topological polar surface area (TPSA) is 54.3 Å². The minimum atomic E-state index is -3.17. The van der Waals surface area contributed by atoms with Crippen molar-refractivity contribution in [3.8, 4) is 0 Å². The molecule has 3 rings (SSSR count). The molecule has 5 nitrogen and oxygen atoms in total. The van der Waals surface area contributed by atoms with E-state index in [2.05, 4.69) is 58.5 Å². The van der Waals surface area contributed by atoms with E-state index in [1.165, 1.54) is 22.7 Å². The van der Waals surface area contributed by atoms with Gasteiger partial charge in [0.1, 0.15) is 0 Å². The summed E-state index contributed by atoms with van der Waals surface area (Å²) in [4.78, 5) is 2.39. The van der Waals surface area contributed by atoms with Gasteiger partial charge < -0.3 is 4.57 Å². The van der Waals surface area contributed by atoms with E-state index in [0.717, 1.165) is 39.0 Å². The maximum Gasteiger partial charge on any atom is 0.209 e. The predicted octanol–water partition coefficient (Wildman–Crippen LogP) is 2.81. The summed E-state index contributed by atoms with van der Waals surface area (Å²) in [6.07, 6.45) is 5.54. The Morgan fingerprint density at radius 2 is 2.00 bits per heavy atom. The van der Waals surface area contributed by atoms with Crippen molar-refractivity contribution >= 4 is 20.9 Å². The first kappa shape index (κ1) is 18.4. The largest absolute Gasteiger partial charge is 0.348 e. The van der Waals surface area contributed by atoms with Gasteiger partial charge in [-0.25, -0.2) is 13.1 Å². The van der Waals surface area contributed by atoms with Crippen molar-refractivity contribution in [1.29, 1.82) is 0 Å². The number of hydrogen-bond acceptors (Lipinski definition) is 3. The van der Waals surface area contributed by atoms with E-state index in [1.807, 2.05) is 0 Å². The van der Waals surface area contributed by atoms with E-state index in [4.69, 9.17) is 0 Å². The molecule has 1 N–H and O–H groups in total. The van der Waals surface area contributed by atoms with Crippen LogP contribution in [0.4, 0.5) is 0 Å². The standard InChI is InChI=1S/C19H29N3O2S/c1-4-7-16-13-21(14-18(16)20-25(3,23)24)12-15-8-6-9-19-17(15)10-11-22(19)5-2/h6,8-11,16,18,20H,4-5,7,12-14H2,1-3H3/t16-,18-/m1/s1. The van der Waals surface area contributed by atoms with Crippen LogP contribution >= 0.6 is 0 Å². The molecule has 0 spiro atoms. The third-order valence-corrected chi connectivity index (χ3v) is 5.91. The van der Waals surface area contributed by atoms with Crippen molar-refractivity contribution < 1.29 is 8.42 Å². The van der Waals surface area contributed by atoms with Crippen LogP contribution in [0.2, 0.25) is 0 Å². The van der Waals surface area contributed by atoms with Crippen molar-refractivity contribution in [1.82, 2.24) is 14.2 Å².